The van der Waals surface area contributed by atoms with Gasteiger partial charge in [0.05, 0.1) is 0 Å². The largest absolute Gasteiger partial charge is 2.00 e. The van der Waals surface area contributed by atoms with Gasteiger partial charge in [-0.05, 0) is 0 Å². The average Bonchev–Trinajstić information content (AvgIpc) is 2.60. The van der Waals surface area contributed by atoms with E-state index in [0.717, 1.165) is 0 Å². The van der Waals surface area contributed by atoms with Crippen LogP contribution >= 0.6 is 34.0 Å². The van der Waals surface area contributed by atoms with E-state index in [4.69, 9.17) is 0 Å². The molecule has 0 nitrogen and oxygen atoms in total. The Balaban J connectivity index is -0.000000308. The maximum absolute atomic E-state index is 3.44. The molecule has 2 rings (SSSR count). The second kappa shape index (κ2) is 9.95. The third-order valence-corrected chi connectivity index (χ3v) is 5.12. The average molecular weight is 480 g/mol. The zero-order valence-corrected chi connectivity index (χ0v) is 21.3. The Morgan fingerprint density at radius 2 is 0.783 bits per heavy atom. The van der Waals surface area contributed by atoms with Crippen molar-refractivity contribution in [2.75, 3.05) is 0 Å². The zero-order chi connectivity index (χ0) is 15.9. The van der Waals surface area contributed by atoms with E-state index in [1.54, 1.807) is 0 Å². The minimum absolute atomic E-state index is 0. The molecular formula is C20H32Br2Ti. The summed E-state index contributed by atoms with van der Waals surface area (Å²) >= 11 is 0. The molecule has 0 radical (unpaired) electrons. The summed E-state index contributed by atoms with van der Waals surface area (Å²) in [6.07, 6.45) is 6.87. The van der Waals surface area contributed by atoms with Crippen molar-refractivity contribution < 1.29 is 21.7 Å². The predicted octanol–water partition coefficient (Wildman–Crippen LogP) is 7.38. The Labute approximate surface area is 180 Å². The van der Waals surface area contributed by atoms with Crippen LogP contribution in [-0.4, -0.2) is 0 Å². The number of halogens is 2. The molecule has 0 bridgehead atoms. The van der Waals surface area contributed by atoms with E-state index in [9.17, 15) is 0 Å². The van der Waals surface area contributed by atoms with Gasteiger partial charge in [-0.3, -0.25) is 12.2 Å². The quantitative estimate of drug-likeness (QED) is 0.251. The Hall–Kier alpha value is 0.634. The van der Waals surface area contributed by atoms with Crippen LogP contribution in [0.2, 0.25) is 0 Å². The summed E-state index contributed by atoms with van der Waals surface area (Å²) in [5.41, 5.74) is 8.79. The van der Waals surface area contributed by atoms with E-state index in [2.05, 4.69) is 81.4 Å². The van der Waals surface area contributed by atoms with Crippen LogP contribution in [0.25, 0.3) is 0 Å². The van der Waals surface area contributed by atoms with Crippen molar-refractivity contribution in [3.63, 3.8) is 0 Å². The Kier molecular flexibility index (Phi) is 12.3. The van der Waals surface area contributed by atoms with Crippen molar-refractivity contribution in [1.82, 2.24) is 0 Å². The molecule has 0 amide bonds. The maximum Gasteiger partial charge on any atom is 2.00 e. The molecule has 0 spiro atoms. The molecule has 23 heavy (non-hydrogen) atoms. The first-order valence-corrected chi connectivity index (χ1v) is 7.50. The molecule has 2 aliphatic rings. The van der Waals surface area contributed by atoms with Gasteiger partial charge in [0.2, 0.25) is 0 Å². The number of allylic oxidation sites excluding steroid dienone is 8. The van der Waals surface area contributed by atoms with Gasteiger partial charge in [0, 0.05) is 0 Å². The van der Waals surface area contributed by atoms with Crippen molar-refractivity contribution in [3.8, 4) is 0 Å². The van der Waals surface area contributed by atoms with Gasteiger partial charge < -0.3 is 0 Å². The van der Waals surface area contributed by atoms with E-state index >= 15 is 0 Å². The van der Waals surface area contributed by atoms with E-state index in [-0.39, 0.29) is 66.5 Å². The summed E-state index contributed by atoms with van der Waals surface area (Å²) in [6.45, 7) is 21.8. The van der Waals surface area contributed by atoms with Crippen LogP contribution < -0.4 is 0 Å². The van der Waals surface area contributed by atoms with Crippen molar-refractivity contribution in [3.05, 3.63) is 45.6 Å². The van der Waals surface area contributed by atoms with Crippen LogP contribution in [-0.2, 0) is 21.7 Å². The van der Waals surface area contributed by atoms with Gasteiger partial charge in [-0.15, -0.1) is 47.8 Å². The van der Waals surface area contributed by atoms with Crippen LogP contribution in [0, 0.1) is 23.0 Å². The number of hydrogen-bond donors (Lipinski definition) is 0. The van der Waals surface area contributed by atoms with E-state index in [1.807, 2.05) is 0 Å². The molecular weight excluding hydrogens is 448 g/mol. The zero-order valence-electron chi connectivity index (χ0n) is 16.3. The first-order chi connectivity index (χ1) is 8.90. The Morgan fingerprint density at radius 1 is 0.565 bits per heavy atom. The van der Waals surface area contributed by atoms with Gasteiger partial charge in [-0.25, -0.2) is 11.1 Å². The first-order valence-electron chi connectivity index (χ1n) is 7.50. The summed E-state index contributed by atoms with van der Waals surface area (Å²) in [5, 5.41) is 0. The Bertz CT molecular complexity index is 494. The van der Waals surface area contributed by atoms with Crippen molar-refractivity contribution in [1.29, 1.82) is 0 Å². The summed E-state index contributed by atoms with van der Waals surface area (Å²) in [7, 11) is 0. The van der Waals surface area contributed by atoms with Crippen LogP contribution in [0.1, 0.15) is 69.2 Å². The van der Waals surface area contributed by atoms with Gasteiger partial charge >= 0.3 is 21.7 Å². The molecule has 2 aliphatic carbocycles. The third kappa shape index (κ3) is 6.46. The third-order valence-electron chi connectivity index (χ3n) is 5.12. The van der Waals surface area contributed by atoms with Crippen molar-refractivity contribution in [2.24, 2.45) is 10.8 Å². The fourth-order valence-corrected chi connectivity index (χ4v) is 2.81. The SMILES string of the molecule is Br.Br.CC1=[C-]C(C)(C)C(C)=C1C.CC1=[C-]C(C)(C)C(C)=C1C.[Ti+2]. The number of hydrogen-bond acceptors (Lipinski definition) is 0. The van der Waals surface area contributed by atoms with Gasteiger partial charge in [0.15, 0.2) is 0 Å². The molecule has 0 N–H and O–H groups in total. The molecule has 130 valence electrons. The second-order valence-corrected chi connectivity index (χ2v) is 7.25. The van der Waals surface area contributed by atoms with Crippen molar-refractivity contribution >= 4 is 34.0 Å². The molecule has 0 unspecified atom stereocenters. The summed E-state index contributed by atoms with van der Waals surface area (Å²) < 4.78 is 0. The summed E-state index contributed by atoms with van der Waals surface area (Å²) in [6, 6.07) is 0. The van der Waals surface area contributed by atoms with E-state index in [0.29, 0.717) is 0 Å². The standard InChI is InChI=1S/2C10H15.2BrH.Ti/c2*1-7-6-10(4,5)9(3)8(7)2;;;/h2*1-5H3;2*1H;/q2*-1;;;+2. The molecule has 0 aromatic rings. The van der Waals surface area contributed by atoms with Gasteiger partial charge in [-0.2, -0.15) is 22.3 Å². The topological polar surface area (TPSA) is 0 Å². The monoisotopic (exact) mass is 478 g/mol. The fourth-order valence-electron chi connectivity index (χ4n) is 2.81. The van der Waals surface area contributed by atoms with Gasteiger partial charge in [0.1, 0.15) is 0 Å². The maximum atomic E-state index is 3.44. The summed E-state index contributed by atoms with van der Waals surface area (Å²) in [4.78, 5) is 0. The summed E-state index contributed by atoms with van der Waals surface area (Å²) in [5.74, 6) is 0. The molecule has 0 heterocycles. The first kappa shape index (κ1) is 28.4. The fraction of sp³-hybridized carbons (Fsp3) is 0.600. The van der Waals surface area contributed by atoms with Crippen LogP contribution in [0.3, 0.4) is 0 Å². The Morgan fingerprint density at radius 3 is 0.826 bits per heavy atom. The van der Waals surface area contributed by atoms with Crippen LogP contribution in [0.4, 0.5) is 0 Å². The van der Waals surface area contributed by atoms with E-state index < -0.39 is 0 Å². The van der Waals surface area contributed by atoms with Gasteiger partial charge in [-0.1, -0.05) is 66.2 Å². The molecule has 3 heteroatoms. The van der Waals surface area contributed by atoms with Gasteiger partial charge in [0.25, 0.3) is 0 Å². The normalized spacial score (nSPS) is 20.4. The molecule has 0 aromatic heterocycles. The molecule has 0 fully saturated rings. The molecule has 0 saturated carbocycles. The second-order valence-electron chi connectivity index (χ2n) is 7.25. The van der Waals surface area contributed by atoms with Crippen LogP contribution in [0.5, 0.6) is 0 Å². The molecule has 0 aromatic carbocycles. The minimum atomic E-state index is 0. The molecule has 0 aliphatic heterocycles. The van der Waals surface area contributed by atoms with E-state index in [1.165, 1.54) is 33.4 Å². The predicted molar refractivity (Wildman–Crippen MR) is 110 cm³/mol. The molecule has 0 atom stereocenters. The van der Waals surface area contributed by atoms with Crippen molar-refractivity contribution in [2.45, 2.75) is 69.2 Å². The number of rotatable bonds is 0. The van der Waals surface area contributed by atoms with Crippen LogP contribution in [0.15, 0.2) is 33.4 Å². The smallest absolute Gasteiger partial charge is 0.263 e. The molecule has 0 saturated heterocycles. The minimum Gasteiger partial charge on any atom is -0.263 e.